The standard InChI is InChI=1S/C14H12.Li.H/c1-2-6-12-10-14-8-4-3-7-13(14)9-11(12)5-1;;/h1-8H,9-10H2;;/q;+1;-1. The molecule has 0 aromatic heterocycles. The van der Waals surface area contributed by atoms with Crippen LogP contribution in [0.15, 0.2) is 48.5 Å². The van der Waals surface area contributed by atoms with E-state index in [4.69, 9.17) is 0 Å². The third kappa shape index (κ3) is 1.88. The zero-order valence-electron chi connectivity index (χ0n) is 10.0. The van der Waals surface area contributed by atoms with Crippen molar-refractivity contribution in [2.45, 2.75) is 12.8 Å². The van der Waals surface area contributed by atoms with Crippen molar-refractivity contribution < 1.29 is 20.3 Å². The maximum Gasteiger partial charge on any atom is 1.00 e. The van der Waals surface area contributed by atoms with E-state index < -0.39 is 0 Å². The summed E-state index contributed by atoms with van der Waals surface area (Å²) in [5.74, 6) is 0. The Kier molecular flexibility index (Phi) is 3.00. The Morgan fingerprint density at radius 1 is 0.600 bits per heavy atom. The SMILES string of the molecule is [H-].[Li+].c1ccc2c(c1)Cc1ccccc1C2. The van der Waals surface area contributed by atoms with Gasteiger partial charge in [0, 0.05) is 0 Å². The van der Waals surface area contributed by atoms with Gasteiger partial charge in [-0.15, -0.1) is 0 Å². The summed E-state index contributed by atoms with van der Waals surface area (Å²) in [7, 11) is 0. The Hall–Kier alpha value is -0.963. The number of fused-ring (bicyclic) bond motifs is 2. The van der Waals surface area contributed by atoms with Crippen molar-refractivity contribution in [3.8, 4) is 0 Å². The molecular formula is C14H13Li. The minimum absolute atomic E-state index is 0. The van der Waals surface area contributed by atoms with E-state index >= 15 is 0 Å². The van der Waals surface area contributed by atoms with Gasteiger partial charge in [-0.2, -0.15) is 0 Å². The Morgan fingerprint density at radius 3 is 1.13 bits per heavy atom. The van der Waals surface area contributed by atoms with Crippen LogP contribution in [-0.4, -0.2) is 0 Å². The quantitative estimate of drug-likeness (QED) is 0.445. The predicted molar refractivity (Wildman–Crippen MR) is 59.6 cm³/mol. The summed E-state index contributed by atoms with van der Waals surface area (Å²) in [6.07, 6.45) is 2.21. The number of hydrogen-bond donors (Lipinski definition) is 0. The van der Waals surface area contributed by atoms with E-state index in [1.54, 1.807) is 0 Å². The van der Waals surface area contributed by atoms with Gasteiger partial charge in [0.2, 0.25) is 0 Å². The molecular weight excluding hydrogens is 175 g/mol. The topological polar surface area (TPSA) is 0 Å². The number of benzene rings is 2. The molecule has 3 rings (SSSR count). The summed E-state index contributed by atoms with van der Waals surface area (Å²) in [6.45, 7) is 0. The van der Waals surface area contributed by atoms with Crippen LogP contribution in [0, 0.1) is 0 Å². The normalized spacial score (nSPS) is 12.3. The number of hydrogen-bond acceptors (Lipinski definition) is 0. The molecule has 0 saturated heterocycles. The van der Waals surface area contributed by atoms with Crippen LogP contribution >= 0.6 is 0 Å². The molecule has 70 valence electrons. The molecule has 1 aliphatic carbocycles. The average Bonchev–Trinajstić information content (AvgIpc) is 2.26. The van der Waals surface area contributed by atoms with Crippen molar-refractivity contribution in [3.05, 3.63) is 70.8 Å². The van der Waals surface area contributed by atoms with E-state index in [-0.39, 0.29) is 20.3 Å². The third-order valence-corrected chi connectivity index (χ3v) is 3.00. The number of rotatable bonds is 0. The van der Waals surface area contributed by atoms with Gasteiger partial charge in [0.15, 0.2) is 0 Å². The van der Waals surface area contributed by atoms with E-state index in [0.717, 1.165) is 12.8 Å². The maximum atomic E-state index is 2.24. The fourth-order valence-electron chi connectivity index (χ4n) is 2.22. The van der Waals surface area contributed by atoms with Crippen LogP contribution in [0.2, 0.25) is 0 Å². The van der Waals surface area contributed by atoms with Crippen LogP contribution in [0.25, 0.3) is 0 Å². The largest absolute Gasteiger partial charge is 1.00 e. The predicted octanol–water partition coefficient (Wildman–Crippen LogP) is 0.298. The molecule has 0 amide bonds. The average molecular weight is 188 g/mol. The van der Waals surface area contributed by atoms with Gasteiger partial charge in [-0.05, 0) is 35.1 Å². The van der Waals surface area contributed by atoms with Crippen LogP contribution < -0.4 is 18.9 Å². The summed E-state index contributed by atoms with van der Waals surface area (Å²) in [4.78, 5) is 0. The van der Waals surface area contributed by atoms with E-state index in [0.29, 0.717) is 0 Å². The van der Waals surface area contributed by atoms with Gasteiger partial charge >= 0.3 is 18.9 Å². The monoisotopic (exact) mass is 188 g/mol. The molecule has 1 heteroatoms. The summed E-state index contributed by atoms with van der Waals surface area (Å²) in [5, 5.41) is 0. The van der Waals surface area contributed by atoms with Gasteiger partial charge in [0.25, 0.3) is 0 Å². The van der Waals surface area contributed by atoms with Crippen LogP contribution in [0.1, 0.15) is 23.7 Å². The van der Waals surface area contributed by atoms with Gasteiger partial charge in [-0.1, -0.05) is 48.5 Å². The first-order chi connectivity index (χ1) is 6.93. The smallest absolute Gasteiger partial charge is 1.00 e. The Balaban J connectivity index is 0.000000640. The minimum atomic E-state index is 0. The molecule has 0 bridgehead atoms. The third-order valence-electron chi connectivity index (χ3n) is 3.00. The van der Waals surface area contributed by atoms with E-state index in [9.17, 15) is 0 Å². The summed E-state index contributed by atoms with van der Waals surface area (Å²) in [5.41, 5.74) is 5.97. The second-order valence-electron chi connectivity index (χ2n) is 3.89. The van der Waals surface area contributed by atoms with Crippen molar-refractivity contribution in [3.63, 3.8) is 0 Å². The van der Waals surface area contributed by atoms with Gasteiger partial charge in [0.05, 0.1) is 0 Å². The van der Waals surface area contributed by atoms with Crippen molar-refractivity contribution in [1.82, 2.24) is 0 Å². The molecule has 2 aromatic carbocycles. The molecule has 0 atom stereocenters. The van der Waals surface area contributed by atoms with Crippen LogP contribution in [0.5, 0.6) is 0 Å². The van der Waals surface area contributed by atoms with Crippen molar-refractivity contribution in [2.75, 3.05) is 0 Å². The van der Waals surface area contributed by atoms with Crippen molar-refractivity contribution in [1.29, 1.82) is 0 Å². The first kappa shape index (κ1) is 10.6. The summed E-state index contributed by atoms with van der Waals surface area (Å²) in [6, 6.07) is 17.5. The van der Waals surface area contributed by atoms with Crippen LogP contribution in [0.3, 0.4) is 0 Å². The molecule has 0 spiro atoms. The molecule has 0 nitrogen and oxygen atoms in total. The fraction of sp³-hybridized carbons (Fsp3) is 0.143. The molecule has 0 saturated carbocycles. The van der Waals surface area contributed by atoms with Crippen LogP contribution in [0.4, 0.5) is 0 Å². The minimum Gasteiger partial charge on any atom is -1.00 e. The molecule has 0 aliphatic heterocycles. The molecule has 0 heterocycles. The second-order valence-corrected chi connectivity index (χ2v) is 3.89. The van der Waals surface area contributed by atoms with E-state index in [1.807, 2.05) is 0 Å². The summed E-state index contributed by atoms with van der Waals surface area (Å²) >= 11 is 0. The van der Waals surface area contributed by atoms with E-state index in [2.05, 4.69) is 48.5 Å². The molecule has 0 radical (unpaired) electrons. The first-order valence-corrected chi connectivity index (χ1v) is 5.07. The summed E-state index contributed by atoms with van der Waals surface area (Å²) < 4.78 is 0. The Labute approximate surface area is 104 Å². The van der Waals surface area contributed by atoms with Gasteiger partial charge in [-0.3, -0.25) is 0 Å². The molecule has 0 fully saturated rings. The Morgan fingerprint density at radius 2 is 0.867 bits per heavy atom. The second kappa shape index (κ2) is 4.27. The van der Waals surface area contributed by atoms with E-state index in [1.165, 1.54) is 22.3 Å². The molecule has 15 heavy (non-hydrogen) atoms. The van der Waals surface area contributed by atoms with Gasteiger partial charge in [0.1, 0.15) is 0 Å². The Bertz CT molecular complexity index is 392. The maximum absolute atomic E-state index is 2.24. The van der Waals surface area contributed by atoms with Gasteiger partial charge < -0.3 is 1.43 Å². The van der Waals surface area contributed by atoms with Crippen molar-refractivity contribution in [2.24, 2.45) is 0 Å². The molecule has 0 unspecified atom stereocenters. The molecule has 1 aliphatic rings. The first-order valence-electron chi connectivity index (χ1n) is 5.07. The zero-order chi connectivity index (χ0) is 9.38. The van der Waals surface area contributed by atoms with Crippen molar-refractivity contribution >= 4 is 0 Å². The zero-order valence-corrected chi connectivity index (χ0v) is 9.03. The molecule has 2 aromatic rings. The van der Waals surface area contributed by atoms with Crippen LogP contribution in [-0.2, 0) is 12.8 Å². The van der Waals surface area contributed by atoms with Gasteiger partial charge in [-0.25, -0.2) is 0 Å². The fourth-order valence-corrected chi connectivity index (χ4v) is 2.22. The molecule has 0 N–H and O–H groups in total.